The highest BCUT2D eigenvalue weighted by Gasteiger charge is 2.26. The van der Waals surface area contributed by atoms with Gasteiger partial charge in [-0.1, -0.05) is 18.2 Å². The van der Waals surface area contributed by atoms with E-state index in [1.54, 1.807) is 6.07 Å². The summed E-state index contributed by atoms with van der Waals surface area (Å²) in [5, 5.41) is 19.9. The highest BCUT2D eigenvalue weighted by molar-refractivity contribution is 5.97. The Balaban J connectivity index is 1.10. The molecule has 0 unspecified atom stereocenters. The number of aryl methyl sites for hydroxylation is 1. The molecule has 4 aromatic rings. The lowest BCUT2D eigenvalue weighted by Gasteiger charge is -2.14. The minimum Gasteiger partial charge on any atom is -0.454 e. The van der Waals surface area contributed by atoms with Gasteiger partial charge in [-0.3, -0.25) is 9.59 Å². The number of nitrogens with zero attached hydrogens (tertiary/aromatic N) is 5. The molecule has 0 radical (unpaired) electrons. The number of carbonyl (C=O) groups is 2. The lowest BCUT2D eigenvalue weighted by molar-refractivity contribution is 0.0931. The molecule has 3 heterocycles. The quantitative estimate of drug-likeness (QED) is 0.371. The molecule has 1 aliphatic heterocycles. The van der Waals surface area contributed by atoms with Gasteiger partial charge in [0.25, 0.3) is 11.8 Å². The van der Waals surface area contributed by atoms with E-state index in [9.17, 15) is 9.59 Å². The Morgan fingerprint density at radius 2 is 1.86 bits per heavy atom. The zero-order valence-corrected chi connectivity index (χ0v) is 18.9. The molecule has 36 heavy (non-hydrogen) atoms. The SMILES string of the molecule is O=C(NCc1ccc2c(c1)OCO2)c1cc(C(=O)N[C@H]2CCc3cc(-c4nn[nH]n4)ccc32)ncn1. The van der Waals surface area contributed by atoms with Crippen molar-refractivity contribution in [3.63, 3.8) is 0 Å². The van der Waals surface area contributed by atoms with Gasteiger partial charge in [0.2, 0.25) is 12.6 Å². The molecule has 2 amide bonds. The fourth-order valence-corrected chi connectivity index (χ4v) is 4.35. The molecule has 0 saturated carbocycles. The van der Waals surface area contributed by atoms with Crippen LogP contribution in [0.25, 0.3) is 11.4 Å². The lowest BCUT2D eigenvalue weighted by atomic mass is 10.0. The van der Waals surface area contributed by atoms with E-state index >= 15 is 0 Å². The maximum absolute atomic E-state index is 12.9. The van der Waals surface area contributed by atoms with Gasteiger partial charge in [0, 0.05) is 18.2 Å². The number of fused-ring (bicyclic) bond motifs is 2. The van der Waals surface area contributed by atoms with Crippen LogP contribution in [0.4, 0.5) is 0 Å². The average Bonchev–Trinajstić information content (AvgIpc) is 3.68. The molecule has 1 atom stereocenters. The van der Waals surface area contributed by atoms with Gasteiger partial charge in [0.05, 0.1) is 6.04 Å². The number of ether oxygens (including phenoxy) is 2. The largest absolute Gasteiger partial charge is 0.454 e. The van der Waals surface area contributed by atoms with Crippen molar-refractivity contribution in [1.82, 2.24) is 41.2 Å². The molecule has 0 saturated heterocycles. The predicted octanol–water partition coefficient (Wildman–Crippen LogP) is 1.73. The average molecular weight is 484 g/mol. The summed E-state index contributed by atoms with van der Waals surface area (Å²) in [6, 6.07) is 12.6. The predicted molar refractivity (Wildman–Crippen MR) is 124 cm³/mol. The molecule has 0 bridgehead atoms. The van der Waals surface area contributed by atoms with Crippen LogP contribution in [-0.2, 0) is 13.0 Å². The first-order valence-electron chi connectivity index (χ1n) is 11.3. The van der Waals surface area contributed by atoms with E-state index in [0.29, 0.717) is 17.3 Å². The van der Waals surface area contributed by atoms with Gasteiger partial charge in [-0.15, -0.1) is 10.2 Å². The van der Waals surface area contributed by atoms with E-state index in [0.717, 1.165) is 35.1 Å². The second-order valence-electron chi connectivity index (χ2n) is 8.37. The van der Waals surface area contributed by atoms with E-state index in [-0.39, 0.29) is 36.7 Å². The summed E-state index contributed by atoms with van der Waals surface area (Å²) < 4.78 is 10.7. The summed E-state index contributed by atoms with van der Waals surface area (Å²) in [4.78, 5) is 33.7. The normalized spacial score (nSPS) is 15.4. The van der Waals surface area contributed by atoms with Gasteiger partial charge in [0.15, 0.2) is 11.5 Å². The minimum absolute atomic E-state index is 0.104. The molecule has 3 N–H and O–H groups in total. The summed E-state index contributed by atoms with van der Waals surface area (Å²) >= 11 is 0. The monoisotopic (exact) mass is 484 g/mol. The molecule has 2 aromatic heterocycles. The summed E-state index contributed by atoms with van der Waals surface area (Å²) in [6.45, 7) is 0.455. The second kappa shape index (κ2) is 9.06. The van der Waals surface area contributed by atoms with Gasteiger partial charge in [-0.25, -0.2) is 9.97 Å². The fourth-order valence-electron chi connectivity index (χ4n) is 4.35. The van der Waals surface area contributed by atoms with Crippen LogP contribution < -0.4 is 20.1 Å². The number of benzene rings is 2. The third-order valence-corrected chi connectivity index (χ3v) is 6.15. The van der Waals surface area contributed by atoms with E-state index in [1.807, 2.05) is 30.3 Å². The standard InChI is InChI=1S/C24H20N8O4/c33-23(25-10-13-1-6-20-21(7-13)36-12-35-20)18-9-19(27-11-26-18)24(34)28-17-5-3-14-8-15(2-4-16(14)17)22-29-31-32-30-22/h1-2,4,6-9,11,17H,3,5,10,12H2,(H,25,33)(H,28,34)(H,29,30,31,32)/t17-/m0/s1. The maximum Gasteiger partial charge on any atom is 0.270 e. The van der Waals surface area contributed by atoms with Crippen molar-refractivity contribution in [2.45, 2.75) is 25.4 Å². The van der Waals surface area contributed by atoms with Crippen LogP contribution >= 0.6 is 0 Å². The van der Waals surface area contributed by atoms with Gasteiger partial charge < -0.3 is 20.1 Å². The van der Waals surface area contributed by atoms with Gasteiger partial charge in [-0.2, -0.15) is 5.21 Å². The van der Waals surface area contributed by atoms with Gasteiger partial charge >= 0.3 is 0 Å². The number of nitrogens with one attached hydrogen (secondary N) is 3. The van der Waals surface area contributed by atoms with E-state index < -0.39 is 5.91 Å². The number of rotatable bonds is 6. The molecule has 1 aliphatic carbocycles. The lowest BCUT2D eigenvalue weighted by Crippen LogP contribution is -2.29. The molecular formula is C24H20N8O4. The third-order valence-electron chi connectivity index (χ3n) is 6.15. The number of H-pyrrole nitrogens is 1. The Labute approximate surface area is 204 Å². The van der Waals surface area contributed by atoms with Crippen molar-refractivity contribution >= 4 is 11.8 Å². The highest BCUT2D eigenvalue weighted by Crippen LogP contribution is 2.34. The topological polar surface area (TPSA) is 157 Å². The zero-order valence-electron chi connectivity index (χ0n) is 18.9. The van der Waals surface area contributed by atoms with Crippen LogP contribution in [-0.4, -0.2) is 49.2 Å². The Kier molecular flexibility index (Phi) is 5.45. The van der Waals surface area contributed by atoms with Crippen LogP contribution in [0.1, 0.15) is 50.1 Å². The summed E-state index contributed by atoms with van der Waals surface area (Å²) in [5.74, 6) is 1.05. The maximum atomic E-state index is 12.9. The molecule has 6 rings (SSSR count). The Bertz CT molecular complexity index is 1460. The van der Waals surface area contributed by atoms with Crippen molar-refractivity contribution in [3.8, 4) is 22.9 Å². The van der Waals surface area contributed by atoms with Crippen molar-refractivity contribution in [3.05, 3.63) is 76.9 Å². The van der Waals surface area contributed by atoms with Crippen LogP contribution in [0.2, 0.25) is 0 Å². The number of amides is 2. The van der Waals surface area contributed by atoms with E-state index in [1.165, 1.54) is 12.4 Å². The number of aromatic amines is 1. The first-order chi connectivity index (χ1) is 17.6. The molecule has 12 nitrogen and oxygen atoms in total. The van der Waals surface area contributed by atoms with Crippen LogP contribution in [0.15, 0.2) is 48.8 Å². The Morgan fingerprint density at radius 1 is 1.00 bits per heavy atom. The molecule has 180 valence electrons. The Hall–Kier alpha value is -4.87. The molecular weight excluding hydrogens is 464 g/mol. The molecule has 0 fully saturated rings. The number of hydrogen-bond acceptors (Lipinski definition) is 9. The highest BCUT2D eigenvalue weighted by atomic mass is 16.7. The Morgan fingerprint density at radius 3 is 2.72 bits per heavy atom. The third kappa shape index (κ3) is 4.19. The number of aromatic nitrogens is 6. The molecule has 12 heteroatoms. The van der Waals surface area contributed by atoms with Gasteiger partial charge in [-0.05, 0) is 52.9 Å². The first kappa shape index (κ1) is 21.6. The first-order valence-corrected chi connectivity index (χ1v) is 11.3. The smallest absolute Gasteiger partial charge is 0.270 e. The van der Waals surface area contributed by atoms with Crippen LogP contribution in [0, 0.1) is 0 Å². The summed E-state index contributed by atoms with van der Waals surface area (Å²) in [5.41, 5.74) is 4.09. The molecule has 2 aromatic carbocycles. The summed E-state index contributed by atoms with van der Waals surface area (Å²) in [7, 11) is 0. The van der Waals surface area contributed by atoms with Crippen molar-refractivity contribution in [2.24, 2.45) is 0 Å². The van der Waals surface area contributed by atoms with Gasteiger partial charge in [0.1, 0.15) is 17.7 Å². The summed E-state index contributed by atoms with van der Waals surface area (Å²) in [6.07, 6.45) is 2.78. The molecule has 2 aliphatic rings. The molecule has 0 spiro atoms. The van der Waals surface area contributed by atoms with E-state index in [2.05, 4.69) is 41.2 Å². The van der Waals surface area contributed by atoms with E-state index in [4.69, 9.17) is 9.47 Å². The van der Waals surface area contributed by atoms with Crippen molar-refractivity contribution in [2.75, 3.05) is 6.79 Å². The number of tetrazole rings is 1. The zero-order chi connectivity index (χ0) is 24.5. The van der Waals surface area contributed by atoms with Crippen molar-refractivity contribution in [1.29, 1.82) is 0 Å². The number of carbonyl (C=O) groups excluding carboxylic acids is 2. The minimum atomic E-state index is -0.413. The number of hydrogen-bond donors (Lipinski definition) is 3. The van der Waals surface area contributed by atoms with Crippen LogP contribution in [0.3, 0.4) is 0 Å². The fraction of sp³-hybridized carbons (Fsp3) is 0.208. The van der Waals surface area contributed by atoms with Crippen LogP contribution in [0.5, 0.6) is 11.5 Å². The second-order valence-corrected chi connectivity index (χ2v) is 8.37. The van der Waals surface area contributed by atoms with Crippen molar-refractivity contribution < 1.29 is 19.1 Å².